The molecule has 0 atom stereocenters. The van der Waals surface area contributed by atoms with Crippen LogP contribution in [0, 0.1) is 0 Å². The van der Waals surface area contributed by atoms with Gasteiger partial charge in [-0.2, -0.15) is 0 Å². The Morgan fingerprint density at radius 1 is 1.25 bits per heavy atom. The van der Waals surface area contributed by atoms with E-state index in [2.05, 4.69) is 33.8 Å². The van der Waals surface area contributed by atoms with Crippen molar-refractivity contribution in [3.8, 4) is 0 Å². The number of hydrogen-bond donors (Lipinski definition) is 1. The lowest BCUT2D eigenvalue weighted by atomic mass is 10.1. The summed E-state index contributed by atoms with van der Waals surface area (Å²) in [5.74, 6) is 0. The first-order chi connectivity index (χ1) is 5.95. The molecule has 0 amide bonds. The van der Waals surface area contributed by atoms with Crippen LogP contribution in [0.2, 0.25) is 0 Å². The normalized spacial score (nSPS) is 10.7. The number of benzene rings is 1. The molecule has 60 valence electrons. The predicted molar refractivity (Wildman–Crippen MR) is 50.3 cm³/mol. The van der Waals surface area contributed by atoms with Crippen LogP contribution < -0.4 is 0 Å². The largest absolute Gasteiger partial charge is 0.328 e. The highest BCUT2D eigenvalue weighted by molar-refractivity contribution is 7.20. The number of hydrogen-bond acceptors (Lipinski definition) is 1. The summed E-state index contributed by atoms with van der Waals surface area (Å²) in [7, 11) is 0.953. The summed E-state index contributed by atoms with van der Waals surface area (Å²) in [6, 6.07) is 10.4. The summed E-state index contributed by atoms with van der Waals surface area (Å²) >= 11 is 0. The van der Waals surface area contributed by atoms with Crippen molar-refractivity contribution < 1.29 is 0 Å². The first kappa shape index (κ1) is 7.51. The van der Waals surface area contributed by atoms with Crippen molar-refractivity contribution in [2.24, 2.45) is 0 Å². The van der Waals surface area contributed by atoms with E-state index in [1.165, 1.54) is 5.56 Å². The number of nitrogens with one attached hydrogen (secondary N) is 1. The van der Waals surface area contributed by atoms with Crippen molar-refractivity contribution in [3.63, 3.8) is 0 Å². The van der Waals surface area contributed by atoms with Crippen molar-refractivity contribution in [3.05, 3.63) is 47.8 Å². The fourth-order valence-corrected chi connectivity index (χ4v) is 1.64. The summed E-state index contributed by atoms with van der Waals surface area (Å²) in [6.45, 7) is 0. The summed E-state index contributed by atoms with van der Waals surface area (Å²) in [5.41, 5.74) is 2.44. The van der Waals surface area contributed by atoms with Crippen LogP contribution in [-0.2, 0) is 6.42 Å². The molecule has 2 nitrogen and oxygen atoms in total. The first-order valence-electron chi connectivity index (χ1n) is 3.84. The molecule has 0 saturated heterocycles. The lowest BCUT2D eigenvalue weighted by Crippen LogP contribution is -1.85. The zero-order valence-electron chi connectivity index (χ0n) is 6.57. The Morgan fingerprint density at radius 3 is 2.75 bits per heavy atom. The molecular formula is C9H9N2P. The van der Waals surface area contributed by atoms with Crippen LogP contribution in [-0.4, -0.2) is 9.49 Å². The van der Waals surface area contributed by atoms with Gasteiger partial charge >= 0.3 is 0 Å². The molecule has 12 heavy (non-hydrogen) atoms. The average Bonchev–Trinajstić information content (AvgIpc) is 2.59. The maximum atomic E-state index is 4.25. The van der Waals surface area contributed by atoms with Crippen LogP contribution >= 0.6 is 8.51 Å². The van der Waals surface area contributed by atoms with Crippen molar-refractivity contribution in [2.45, 2.75) is 6.42 Å². The van der Waals surface area contributed by atoms with Crippen LogP contribution in [0.5, 0.6) is 0 Å². The molecule has 0 saturated carbocycles. The van der Waals surface area contributed by atoms with Gasteiger partial charge in [-0.25, -0.2) is 4.75 Å². The van der Waals surface area contributed by atoms with E-state index in [4.69, 9.17) is 0 Å². The third kappa shape index (κ3) is 1.72. The topological polar surface area (TPSA) is 28.7 Å². The molecule has 0 fully saturated rings. The van der Waals surface area contributed by atoms with Gasteiger partial charge < -0.3 is 4.75 Å². The smallest absolute Gasteiger partial charge is 0.129 e. The summed E-state index contributed by atoms with van der Waals surface area (Å²) in [6.07, 6.45) is 2.90. The van der Waals surface area contributed by atoms with Gasteiger partial charge in [-0.3, -0.25) is 0 Å². The molecule has 0 aliphatic heterocycles. The SMILES string of the molecule is c1ccc(Cc2c[nH]pn2)cc1. The van der Waals surface area contributed by atoms with E-state index in [9.17, 15) is 0 Å². The Balaban J connectivity index is 2.15. The molecule has 1 aromatic heterocycles. The molecule has 0 spiro atoms. The molecule has 0 unspecified atom stereocenters. The highest BCUT2D eigenvalue weighted by Crippen LogP contribution is 2.07. The number of nitrogens with zero attached hydrogens (tertiary/aromatic N) is 1. The molecule has 0 aliphatic carbocycles. The van der Waals surface area contributed by atoms with Crippen molar-refractivity contribution >= 4 is 8.51 Å². The van der Waals surface area contributed by atoms with Gasteiger partial charge in [0.25, 0.3) is 0 Å². The maximum Gasteiger partial charge on any atom is 0.129 e. The molecule has 1 heterocycles. The van der Waals surface area contributed by atoms with E-state index in [1.807, 2.05) is 12.3 Å². The van der Waals surface area contributed by atoms with Gasteiger partial charge in [-0.05, 0) is 5.56 Å². The second-order valence-electron chi connectivity index (χ2n) is 2.63. The van der Waals surface area contributed by atoms with E-state index in [-0.39, 0.29) is 0 Å². The van der Waals surface area contributed by atoms with E-state index in [0.29, 0.717) is 0 Å². The summed E-state index contributed by atoms with van der Waals surface area (Å²) < 4.78 is 7.29. The molecular weight excluding hydrogens is 167 g/mol. The minimum Gasteiger partial charge on any atom is -0.328 e. The zero-order valence-corrected chi connectivity index (χ0v) is 7.46. The average molecular weight is 176 g/mol. The zero-order chi connectivity index (χ0) is 8.23. The Hall–Kier alpha value is -1.14. The fourth-order valence-electron chi connectivity index (χ4n) is 1.12. The fraction of sp³-hybridized carbons (Fsp3) is 0.111. The van der Waals surface area contributed by atoms with Gasteiger partial charge in [0.05, 0.1) is 5.69 Å². The third-order valence-corrected chi connectivity index (χ3v) is 2.30. The highest BCUT2D eigenvalue weighted by Gasteiger charge is 1.95. The van der Waals surface area contributed by atoms with Crippen molar-refractivity contribution in [1.82, 2.24) is 9.49 Å². The Labute approximate surface area is 72.9 Å². The molecule has 0 aliphatic rings. The maximum absolute atomic E-state index is 4.25. The van der Waals surface area contributed by atoms with Gasteiger partial charge in [0.1, 0.15) is 8.51 Å². The van der Waals surface area contributed by atoms with Gasteiger partial charge in [0.2, 0.25) is 0 Å². The Kier molecular flexibility index (Phi) is 2.19. The van der Waals surface area contributed by atoms with Gasteiger partial charge in [-0.15, -0.1) is 0 Å². The van der Waals surface area contributed by atoms with Gasteiger partial charge in [0, 0.05) is 12.6 Å². The highest BCUT2D eigenvalue weighted by atomic mass is 31.1. The minimum absolute atomic E-state index is 0.931. The number of rotatable bonds is 2. The van der Waals surface area contributed by atoms with Gasteiger partial charge in [-0.1, -0.05) is 30.3 Å². The lowest BCUT2D eigenvalue weighted by Gasteiger charge is -1.95. The Morgan fingerprint density at radius 2 is 2.08 bits per heavy atom. The van der Waals surface area contributed by atoms with E-state index < -0.39 is 0 Å². The van der Waals surface area contributed by atoms with Crippen LogP contribution in [0.15, 0.2) is 36.5 Å². The van der Waals surface area contributed by atoms with E-state index >= 15 is 0 Å². The number of aromatic nitrogens is 2. The Bertz CT molecular complexity index is 329. The van der Waals surface area contributed by atoms with Crippen molar-refractivity contribution in [2.75, 3.05) is 0 Å². The monoisotopic (exact) mass is 176 g/mol. The van der Waals surface area contributed by atoms with Crippen LogP contribution in [0.3, 0.4) is 0 Å². The minimum atomic E-state index is 0.931. The van der Waals surface area contributed by atoms with Crippen LogP contribution in [0.4, 0.5) is 0 Å². The van der Waals surface area contributed by atoms with E-state index in [0.717, 1.165) is 20.6 Å². The second kappa shape index (κ2) is 3.51. The number of H-pyrrole nitrogens is 1. The van der Waals surface area contributed by atoms with Crippen LogP contribution in [0.25, 0.3) is 0 Å². The summed E-state index contributed by atoms with van der Waals surface area (Å²) in [4.78, 5) is 0. The molecule has 0 bridgehead atoms. The molecule has 3 heteroatoms. The second-order valence-corrected chi connectivity index (χ2v) is 3.29. The van der Waals surface area contributed by atoms with E-state index in [1.54, 1.807) is 0 Å². The van der Waals surface area contributed by atoms with Crippen molar-refractivity contribution in [1.29, 1.82) is 0 Å². The van der Waals surface area contributed by atoms with Crippen LogP contribution in [0.1, 0.15) is 11.3 Å². The standard InChI is InChI=1S/C9H9N2P/c1-2-4-8(5-3-1)6-9-7-10-12-11-9/h1-5,7H,6H2,(H,10,11). The molecule has 1 aromatic carbocycles. The molecule has 0 radical (unpaired) electrons. The molecule has 2 aromatic rings. The quantitative estimate of drug-likeness (QED) is 0.748. The van der Waals surface area contributed by atoms with Gasteiger partial charge in [0.15, 0.2) is 0 Å². The third-order valence-electron chi connectivity index (χ3n) is 1.70. The summed E-state index contributed by atoms with van der Waals surface area (Å²) in [5, 5.41) is 0. The lowest BCUT2D eigenvalue weighted by molar-refractivity contribution is 1.13. The molecule has 2 rings (SSSR count). The number of aromatic amines is 1. The predicted octanol–water partition coefficient (Wildman–Crippen LogP) is 2.58. The first-order valence-corrected chi connectivity index (χ1v) is 4.69. The molecule has 1 N–H and O–H groups in total.